The minimum atomic E-state index is 0.847. The highest BCUT2D eigenvalue weighted by atomic mass is 14.8. The molecule has 1 N–H and O–H groups in total. The molecular weight excluding hydrogens is 100 g/mol. The molecule has 0 radical (unpaired) electrons. The van der Waals surface area contributed by atoms with Crippen molar-refractivity contribution < 1.29 is 0 Å². The molecule has 0 saturated heterocycles. The summed E-state index contributed by atoms with van der Waals surface area (Å²) in [5, 5.41) is 2.98. The van der Waals surface area contributed by atoms with Crippen molar-refractivity contribution in [3.05, 3.63) is 12.3 Å². The highest BCUT2D eigenvalue weighted by Gasteiger charge is 1.84. The third-order valence-corrected chi connectivity index (χ3v) is 0.887. The number of rotatable bonds is 4. The van der Waals surface area contributed by atoms with Gasteiger partial charge in [0.15, 0.2) is 0 Å². The molecule has 0 heterocycles. The molecule has 0 aliphatic rings. The number of nitrogens with zero attached hydrogens (tertiary/aromatic N) is 1. The summed E-state index contributed by atoms with van der Waals surface area (Å²) in [5.41, 5.74) is 0.847. The van der Waals surface area contributed by atoms with Gasteiger partial charge in [-0.15, -0.1) is 0 Å². The van der Waals surface area contributed by atoms with E-state index < -0.39 is 0 Å². The van der Waals surface area contributed by atoms with Crippen LogP contribution in [0.2, 0.25) is 0 Å². The molecule has 0 aliphatic carbocycles. The second-order valence-electron chi connectivity index (χ2n) is 1.58. The highest BCUT2D eigenvalue weighted by molar-refractivity contribution is 5.27. The Kier molecular flexibility index (Phi) is 4.17. The van der Waals surface area contributed by atoms with E-state index in [0.29, 0.717) is 0 Å². The highest BCUT2D eigenvalue weighted by Crippen LogP contribution is 1.94. The smallest absolute Gasteiger partial charge is 0.0337 e. The molecule has 0 saturated carbocycles. The third-order valence-electron chi connectivity index (χ3n) is 0.887. The monoisotopic (exact) mass is 112 g/mol. The minimum absolute atomic E-state index is 0.847. The molecule has 0 bridgehead atoms. The number of nitrogens with one attached hydrogen (secondary N) is 1. The van der Waals surface area contributed by atoms with Crippen molar-refractivity contribution in [2.24, 2.45) is 4.99 Å². The zero-order chi connectivity index (χ0) is 6.41. The Hall–Kier alpha value is -0.630. The fourth-order valence-corrected chi connectivity index (χ4v) is 0.348. The summed E-state index contributed by atoms with van der Waals surface area (Å²) in [6, 6.07) is 0. The van der Waals surface area contributed by atoms with E-state index in [2.05, 4.69) is 23.6 Å². The molecule has 0 rings (SSSR count). The quantitative estimate of drug-likeness (QED) is 0.535. The van der Waals surface area contributed by atoms with Crippen molar-refractivity contribution >= 4 is 6.72 Å². The lowest BCUT2D eigenvalue weighted by Crippen LogP contribution is -2.07. The first kappa shape index (κ1) is 7.37. The van der Waals surface area contributed by atoms with Crippen molar-refractivity contribution in [3.63, 3.8) is 0 Å². The standard InChI is InChI=1S/C6H12N2/c1-6(8-3)4-5-7-2/h7H,1,3-5H2,2H3. The Morgan fingerprint density at radius 2 is 2.38 bits per heavy atom. The largest absolute Gasteiger partial charge is 0.319 e. The van der Waals surface area contributed by atoms with Gasteiger partial charge in [-0.1, -0.05) is 6.58 Å². The zero-order valence-corrected chi connectivity index (χ0v) is 5.28. The molecule has 0 atom stereocenters. The molecular formula is C6H12N2. The molecule has 8 heavy (non-hydrogen) atoms. The van der Waals surface area contributed by atoms with Crippen molar-refractivity contribution in [1.82, 2.24) is 5.32 Å². The summed E-state index contributed by atoms with van der Waals surface area (Å²) in [7, 11) is 1.90. The first-order valence-corrected chi connectivity index (χ1v) is 2.60. The second-order valence-corrected chi connectivity index (χ2v) is 1.58. The lowest BCUT2D eigenvalue weighted by atomic mass is 10.3. The first-order chi connectivity index (χ1) is 3.81. The summed E-state index contributed by atoms with van der Waals surface area (Å²) in [6.07, 6.45) is 0.889. The minimum Gasteiger partial charge on any atom is -0.319 e. The van der Waals surface area contributed by atoms with Crippen molar-refractivity contribution in [3.8, 4) is 0 Å². The number of aliphatic imine (C=N–C) groups is 1. The van der Waals surface area contributed by atoms with Gasteiger partial charge in [-0.2, -0.15) is 0 Å². The Morgan fingerprint density at radius 3 is 2.75 bits per heavy atom. The number of hydrogen-bond acceptors (Lipinski definition) is 2. The lowest BCUT2D eigenvalue weighted by molar-refractivity contribution is 0.783. The molecule has 0 aliphatic heterocycles. The Labute approximate surface area is 50.3 Å². The Bertz CT molecular complexity index is 86.5. The molecule has 0 unspecified atom stereocenters. The van der Waals surface area contributed by atoms with Gasteiger partial charge in [-0.05, 0) is 13.8 Å². The SMILES string of the molecule is C=NC(=C)CCNC. The van der Waals surface area contributed by atoms with E-state index in [-0.39, 0.29) is 0 Å². The maximum absolute atomic E-state index is 3.64. The lowest BCUT2D eigenvalue weighted by Gasteiger charge is -1.95. The Morgan fingerprint density at radius 1 is 1.75 bits per heavy atom. The van der Waals surface area contributed by atoms with Crippen LogP contribution in [0.4, 0.5) is 0 Å². The van der Waals surface area contributed by atoms with Crippen LogP contribution in [-0.2, 0) is 0 Å². The maximum atomic E-state index is 3.64. The van der Waals surface area contributed by atoms with Crippen LogP contribution >= 0.6 is 0 Å². The van der Waals surface area contributed by atoms with E-state index in [1.807, 2.05) is 7.05 Å². The van der Waals surface area contributed by atoms with E-state index in [4.69, 9.17) is 0 Å². The van der Waals surface area contributed by atoms with Crippen LogP contribution in [0.1, 0.15) is 6.42 Å². The first-order valence-electron chi connectivity index (χ1n) is 2.60. The Balaban J connectivity index is 3.11. The maximum Gasteiger partial charge on any atom is 0.0337 e. The molecule has 0 aromatic heterocycles. The summed E-state index contributed by atoms with van der Waals surface area (Å²) in [6.45, 7) is 7.91. The number of hydrogen-bond donors (Lipinski definition) is 1. The van der Waals surface area contributed by atoms with E-state index in [0.717, 1.165) is 18.7 Å². The van der Waals surface area contributed by atoms with E-state index in [9.17, 15) is 0 Å². The van der Waals surface area contributed by atoms with Gasteiger partial charge in [0.1, 0.15) is 0 Å². The van der Waals surface area contributed by atoms with E-state index in [1.165, 1.54) is 0 Å². The summed E-state index contributed by atoms with van der Waals surface area (Å²) >= 11 is 0. The predicted octanol–water partition coefficient (Wildman–Crippen LogP) is 0.810. The summed E-state index contributed by atoms with van der Waals surface area (Å²) in [5.74, 6) is 0. The van der Waals surface area contributed by atoms with Gasteiger partial charge >= 0.3 is 0 Å². The van der Waals surface area contributed by atoms with Crippen LogP contribution in [0.25, 0.3) is 0 Å². The molecule has 46 valence electrons. The normalized spacial score (nSPS) is 8.62. The second kappa shape index (κ2) is 4.53. The molecule has 0 amide bonds. The average molecular weight is 112 g/mol. The molecule has 0 spiro atoms. The molecule has 0 fully saturated rings. The summed E-state index contributed by atoms with van der Waals surface area (Å²) in [4.78, 5) is 3.64. The van der Waals surface area contributed by atoms with Crippen molar-refractivity contribution in [2.75, 3.05) is 13.6 Å². The van der Waals surface area contributed by atoms with Crippen LogP contribution in [0.5, 0.6) is 0 Å². The molecule has 2 heteroatoms. The van der Waals surface area contributed by atoms with Crippen molar-refractivity contribution in [1.29, 1.82) is 0 Å². The van der Waals surface area contributed by atoms with Crippen LogP contribution < -0.4 is 5.32 Å². The van der Waals surface area contributed by atoms with Gasteiger partial charge in [0.05, 0.1) is 0 Å². The molecule has 0 aromatic carbocycles. The van der Waals surface area contributed by atoms with E-state index >= 15 is 0 Å². The topological polar surface area (TPSA) is 24.4 Å². The van der Waals surface area contributed by atoms with E-state index in [1.54, 1.807) is 0 Å². The van der Waals surface area contributed by atoms with Gasteiger partial charge < -0.3 is 5.32 Å². The van der Waals surface area contributed by atoms with Crippen LogP contribution in [0.3, 0.4) is 0 Å². The summed E-state index contributed by atoms with van der Waals surface area (Å²) < 4.78 is 0. The van der Waals surface area contributed by atoms with Crippen LogP contribution in [0, 0.1) is 0 Å². The molecule has 2 nitrogen and oxygen atoms in total. The fraction of sp³-hybridized carbons (Fsp3) is 0.500. The van der Waals surface area contributed by atoms with Gasteiger partial charge in [0.2, 0.25) is 0 Å². The van der Waals surface area contributed by atoms with Crippen LogP contribution in [-0.4, -0.2) is 20.3 Å². The van der Waals surface area contributed by atoms with Gasteiger partial charge in [0.25, 0.3) is 0 Å². The average Bonchev–Trinajstić information content (AvgIpc) is 1.83. The third kappa shape index (κ3) is 3.56. The van der Waals surface area contributed by atoms with Crippen molar-refractivity contribution in [2.45, 2.75) is 6.42 Å². The fourth-order valence-electron chi connectivity index (χ4n) is 0.348. The van der Waals surface area contributed by atoms with Crippen LogP contribution in [0.15, 0.2) is 17.3 Å². The zero-order valence-electron chi connectivity index (χ0n) is 5.28. The van der Waals surface area contributed by atoms with Gasteiger partial charge in [0, 0.05) is 18.7 Å². The van der Waals surface area contributed by atoms with Gasteiger partial charge in [-0.25, -0.2) is 0 Å². The predicted molar refractivity (Wildman–Crippen MR) is 37.2 cm³/mol. The molecule has 0 aromatic rings. The van der Waals surface area contributed by atoms with Gasteiger partial charge in [-0.3, -0.25) is 4.99 Å².